The van der Waals surface area contributed by atoms with Gasteiger partial charge in [0.25, 0.3) is 0 Å². The number of fused-ring (bicyclic) bond motifs is 2. The van der Waals surface area contributed by atoms with Crippen molar-refractivity contribution in [3.63, 3.8) is 0 Å². The first-order chi connectivity index (χ1) is 9.13. The maximum Gasteiger partial charge on any atom is 0.123 e. The zero-order chi connectivity index (χ0) is 13.4. The summed E-state index contributed by atoms with van der Waals surface area (Å²) >= 11 is 6.21. The Kier molecular flexibility index (Phi) is 3.65. The van der Waals surface area contributed by atoms with E-state index in [1.54, 1.807) is 6.07 Å². The molecular weight excluding hydrogens is 260 g/mol. The minimum atomic E-state index is 0.549. The van der Waals surface area contributed by atoms with Gasteiger partial charge < -0.3 is 5.73 Å². The molecule has 2 unspecified atom stereocenters. The van der Waals surface area contributed by atoms with Crippen molar-refractivity contribution < 1.29 is 0 Å². The summed E-state index contributed by atoms with van der Waals surface area (Å²) in [6.07, 6.45) is 3.91. The average molecular weight is 281 g/mol. The van der Waals surface area contributed by atoms with E-state index in [-0.39, 0.29) is 0 Å². The van der Waals surface area contributed by atoms with Crippen LogP contribution in [-0.4, -0.2) is 47.0 Å². The highest BCUT2D eigenvalue weighted by Crippen LogP contribution is 2.29. The van der Waals surface area contributed by atoms with Gasteiger partial charge in [-0.1, -0.05) is 11.6 Å². The highest BCUT2D eigenvalue weighted by Gasteiger charge is 2.34. The summed E-state index contributed by atoms with van der Waals surface area (Å²) in [5, 5.41) is 0.719. The number of halogens is 1. The summed E-state index contributed by atoms with van der Waals surface area (Å²) in [6, 6.07) is 5.05. The highest BCUT2D eigenvalue weighted by molar-refractivity contribution is 6.31. The van der Waals surface area contributed by atoms with Crippen LogP contribution in [0.3, 0.4) is 0 Å². The Morgan fingerprint density at radius 2 is 2.11 bits per heavy atom. The molecule has 2 saturated heterocycles. The zero-order valence-electron chi connectivity index (χ0n) is 11.3. The monoisotopic (exact) mass is 280 g/mol. The smallest absolute Gasteiger partial charge is 0.123 e. The topological polar surface area (TPSA) is 45.4 Å². The third-order valence-corrected chi connectivity index (χ3v) is 4.89. The quantitative estimate of drug-likeness (QED) is 0.900. The molecule has 0 spiro atoms. The van der Waals surface area contributed by atoms with Crippen LogP contribution in [-0.2, 0) is 6.54 Å². The number of pyridine rings is 1. The maximum atomic E-state index is 6.21. The molecule has 3 heterocycles. The first-order valence-corrected chi connectivity index (χ1v) is 7.36. The second-order valence-corrected chi connectivity index (χ2v) is 6.15. The number of aromatic nitrogens is 1. The first-order valence-electron chi connectivity index (χ1n) is 6.98. The molecule has 2 fully saturated rings. The van der Waals surface area contributed by atoms with E-state index in [9.17, 15) is 0 Å². The number of hydrogen-bond donors (Lipinski definition) is 1. The van der Waals surface area contributed by atoms with Crippen molar-refractivity contribution in [3.05, 3.63) is 22.8 Å². The van der Waals surface area contributed by atoms with Crippen molar-refractivity contribution in [2.75, 3.05) is 25.9 Å². The molecule has 1 aromatic heterocycles. The van der Waals surface area contributed by atoms with Crippen LogP contribution in [0.5, 0.6) is 0 Å². The lowest BCUT2D eigenvalue weighted by Crippen LogP contribution is -2.36. The largest absolute Gasteiger partial charge is 0.384 e. The van der Waals surface area contributed by atoms with Crippen molar-refractivity contribution in [1.82, 2.24) is 14.8 Å². The average Bonchev–Trinajstić information content (AvgIpc) is 2.62. The fourth-order valence-corrected chi connectivity index (χ4v) is 3.51. The van der Waals surface area contributed by atoms with Gasteiger partial charge in [-0.3, -0.25) is 9.80 Å². The molecule has 1 aromatic rings. The van der Waals surface area contributed by atoms with Crippen LogP contribution in [0.15, 0.2) is 12.1 Å². The lowest BCUT2D eigenvalue weighted by Gasteiger charge is -2.25. The van der Waals surface area contributed by atoms with Crippen LogP contribution in [0.25, 0.3) is 0 Å². The van der Waals surface area contributed by atoms with Crippen molar-refractivity contribution in [2.45, 2.75) is 37.9 Å². The molecule has 0 amide bonds. The number of hydrogen-bond acceptors (Lipinski definition) is 4. The van der Waals surface area contributed by atoms with Crippen LogP contribution in [0.4, 0.5) is 5.82 Å². The molecule has 2 aliphatic heterocycles. The fourth-order valence-electron chi connectivity index (χ4n) is 3.35. The Bertz CT molecular complexity index is 465. The van der Waals surface area contributed by atoms with Gasteiger partial charge >= 0.3 is 0 Å². The van der Waals surface area contributed by atoms with E-state index in [4.69, 9.17) is 17.3 Å². The van der Waals surface area contributed by atoms with Gasteiger partial charge in [-0.15, -0.1) is 0 Å². The molecule has 3 rings (SSSR count). The van der Waals surface area contributed by atoms with E-state index in [2.05, 4.69) is 21.8 Å². The van der Waals surface area contributed by atoms with Gasteiger partial charge in [0.1, 0.15) is 5.82 Å². The molecule has 4 nitrogen and oxygen atoms in total. The molecule has 5 heteroatoms. The van der Waals surface area contributed by atoms with E-state index in [0.29, 0.717) is 11.9 Å². The van der Waals surface area contributed by atoms with E-state index in [0.717, 1.165) is 36.4 Å². The number of likely N-dealkylation sites (tertiary alicyclic amines) is 1. The maximum absolute atomic E-state index is 6.21. The summed E-state index contributed by atoms with van der Waals surface area (Å²) < 4.78 is 0. The van der Waals surface area contributed by atoms with Gasteiger partial charge in [0.15, 0.2) is 0 Å². The number of nitrogens with zero attached hydrogens (tertiary/aromatic N) is 3. The van der Waals surface area contributed by atoms with Crippen molar-refractivity contribution in [2.24, 2.45) is 0 Å². The van der Waals surface area contributed by atoms with E-state index in [1.807, 2.05) is 6.07 Å². The Morgan fingerprint density at radius 1 is 1.32 bits per heavy atom. The lowest BCUT2D eigenvalue weighted by atomic mass is 10.1. The summed E-state index contributed by atoms with van der Waals surface area (Å²) in [5.41, 5.74) is 6.65. The third kappa shape index (κ3) is 2.71. The molecule has 0 aliphatic carbocycles. The minimum absolute atomic E-state index is 0.549. The Hall–Kier alpha value is -0.840. The van der Waals surface area contributed by atoms with Crippen molar-refractivity contribution >= 4 is 17.4 Å². The molecule has 0 saturated carbocycles. The van der Waals surface area contributed by atoms with Crippen LogP contribution in [0.1, 0.15) is 25.0 Å². The Morgan fingerprint density at radius 3 is 2.95 bits per heavy atom. The number of anilines is 1. The Balaban J connectivity index is 1.72. The van der Waals surface area contributed by atoms with Crippen LogP contribution in [0.2, 0.25) is 5.02 Å². The van der Waals surface area contributed by atoms with E-state index in [1.165, 1.54) is 19.3 Å². The van der Waals surface area contributed by atoms with Gasteiger partial charge in [0, 0.05) is 31.7 Å². The highest BCUT2D eigenvalue weighted by atomic mass is 35.5. The summed E-state index contributed by atoms with van der Waals surface area (Å²) in [6.45, 7) is 3.04. The first kappa shape index (κ1) is 13.2. The number of rotatable bonds is 2. The standard InChI is InChI=1S/C14H21ClN4/c1-18-10-2-3-11(18)8-19(7-6-10)9-13-12(15)4-5-14(16)17-13/h4-5,10-11H,2-3,6-9H2,1H3,(H2,16,17). The van der Waals surface area contributed by atoms with Gasteiger partial charge in [-0.05, 0) is 38.4 Å². The van der Waals surface area contributed by atoms with Crippen molar-refractivity contribution in [3.8, 4) is 0 Å². The second-order valence-electron chi connectivity index (χ2n) is 5.74. The number of likely N-dealkylation sites (N-methyl/N-ethyl adjacent to an activating group) is 1. The molecule has 0 aromatic carbocycles. The molecule has 2 aliphatic rings. The van der Waals surface area contributed by atoms with Gasteiger partial charge in [0.2, 0.25) is 0 Å². The zero-order valence-corrected chi connectivity index (χ0v) is 12.1. The SMILES string of the molecule is CN1C2CCC1CN(Cc1nc(N)ccc1Cl)CC2. The molecular formula is C14H21ClN4. The summed E-state index contributed by atoms with van der Waals surface area (Å²) in [4.78, 5) is 9.39. The predicted molar refractivity (Wildman–Crippen MR) is 78.1 cm³/mol. The van der Waals surface area contributed by atoms with E-state index >= 15 is 0 Å². The summed E-state index contributed by atoms with van der Waals surface area (Å²) in [5.74, 6) is 0.549. The molecule has 0 radical (unpaired) electrons. The van der Waals surface area contributed by atoms with Gasteiger partial charge in [-0.2, -0.15) is 0 Å². The molecule has 2 bridgehead atoms. The number of nitrogens with two attached hydrogens (primary N) is 1. The fraction of sp³-hybridized carbons (Fsp3) is 0.643. The van der Waals surface area contributed by atoms with Crippen LogP contribution < -0.4 is 5.73 Å². The molecule has 19 heavy (non-hydrogen) atoms. The Labute approximate surface area is 119 Å². The molecule has 2 atom stereocenters. The number of nitrogen functional groups attached to an aromatic ring is 1. The van der Waals surface area contributed by atoms with Crippen LogP contribution in [0, 0.1) is 0 Å². The third-order valence-electron chi connectivity index (χ3n) is 4.55. The van der Waals surface area contributed by atoms with Crippen LogP contribution >= 0.6 is 11.6 Å². The minimum Gasteiger partial charge on any atom is -0.384 e. The lowest BCUT2D eigenvalue weighted by molar-refractivity contribution is 0.213. The van der Waals surface area contributed by atoms with Gasteiger partial charge in [0.05, 0.1) is 10.7 Å². The predicted octanol–water partition coefficient (Wildman–Crippen LogP) is 1.99. The normalized spacial score (nSPS) is 28.5. The molecule has 104 valence electrons. The van der Waals surface area contributed by atoms with Gasteiger partial charge in [-0.25, -0.2) is 4.98 Å². The van der Waals surface area contributed by atoms with E-state index < -0.39 is 0 Å². The molecule has 2 N–H and O–H groups in total. The second kappa shape index (κ2) is 5.27. The van der Waals surface area contributed by atoms with Crippen molar-refractivity contribution in [1.29, 1.82) is 0 Å². The summed E-state index contributed by atoms with van der Waals surface area (Å²) in [7, 11) is 2.26.